The Kier molecular flexibility index (Phi) is 7.41. The van der Waals surface area contributed by atoms with E-state index in [9.17, 15) is 0 Å². The summed E-state index contributed by atoms with van der Waals surface area (Å²) in [5, 5.41) is 0. The van der Waals surface area contributed by atoms with Crippen LogP contribution in [0.5, 0.6) is 0 Å². The summed E-state index contributed by atoms with van der Waals surface area (Å²) in [5.74, 6) is 0. The van der Waals surface area contributed by atoms with E-state index in [-0.39, 0.29) is 0 Å². The average Bonchev–Trinajstić information content (AvgIpc) is 2.63. The molecular formula is C22H28N2. The maximum atomic E-state index is 4.51. The van der Waals surface area contributed by atoms with Crippen molar-refractivity contribution in [1.82, 2.24) is 9.97 Å². The molecule has 0 aliphatic heterocycles. The second kappa shape index (κ2) is 9.82. The van der Waals surface area contributed by atoms with E-state index < -0.39 is 0 Å². The molecule has 126 valence electrons. The largest absolute Gasteiger partial charge is 0.260 e. The zero-order valence-electron chi connectivity index (χ0n) is 15.1. The van der Waals surface area contributed by atoms with Gasteiger partial charge in [0, 0.05) is 23.7 Å². The molecule has 0 aromatic carbocycles. The van der Waals surface area contributed by atoms with Crippen LogP contribution in [0.4, 0.5) is 0 Å². The van der Waals surface area contributed by atoms with Crippen LogP contribution in [-0.2, 0) is 0 Å². The van der Waals surface area contributed by atoms with Gasteiger partial charge >= 0.3 is 0 Å². The van der Waals surface area contributed by atoms with Crippen LogP contribution in [0.15, 0.2) is 54.4 Å². The maximum absolute atomic E-state index is 4.51. The summed E-state index contributed by atoms with van der Waals surface area (Å²) in [5.41, 5.74) is 5.71. The third-order valence-corrected chi connectivity index (χ3v) is 3.89. The van der Waals surface area contributed by atoms with E-state index in [0.717, 1.165) is 17.0 Å². The van der Waals surface area contributed by atoms with Gasteiger partial charge in [0.2, 0.25) is 0 Å². The van der Waals surface area contributed by atoms with Gasteiger partial charge < -0.3 is 0 Å². The number of hydrogen-bond acceptors (Lipinski definition) is 2. The molecule has 0 spiro atoms. The monoisotopic (exact) mass is 320 g/mol. The second-order valence-electron chi connectivity index (χ2n) is 6.18. The highest BCUT2D eigenvalue weighted by Gasteiger charge is 2.04. The van der Waals surface area contributed by atoms with Gasteiger partial charge in [0.25, 0.3) is 0 Å². The normalized spacial score (nSPS) is 14.0. The number of aryl methyl sites for hydroxylation is 1. The third kappa shape index (κ3) is 5.45. The topological polar surface area (TPSA) is 25.8 Å². The van der Waals surface area contributed by atoms with Gasteiger partial charge in [-0.2, -0.15) is 0 Å². The van der Waals surface area contributed by atoms with Crippen molar-refractivity contribution in [1.29, 1.82) is 0 Å². The van der Waals surface area contributed by atoms with Gasteiger partial charge in [-0.05, 0) is 56.4 Å². The summed E-state index contributed by atoms with van der Waals surface area (Å²) >= 11 is 0. The molecule has 0 saturated heterocycles. The van der Waals surface area contributed by atoms with Gasteiger partial charge in [-0.25, -0.2) is 0 Å². The first-order valence-corrected chi connectivity index (χ1v) is 8.99. The first-order chi connectivity index (χ1) is 11.7. The fourth-order valence-electron chi connectivity index (χ4n) is 2.60. The van der Waals surface area contributed by atoms with E-state index in [1.807, 2.05) is 30.6 Å². The van der Waals surface area contributed by atoms with Crippen LogP contribution in [0.25, 0.3) is 17.3 Å². The Bertz CT molecular complexity index is 684. The highest BCUT2D eigenvalue weighted by atomic mass is 14.7. The summed E-state index contributed by atoms with van der Waals surface area (Å²) in [6.07, 6.45) is 16.8. The standard InChI is InChI=1S/C19H20N2.C3H8/c1-15-17(11-10-16-7-3-2-4-8-16)13-18(14-21-15)19-9-5-6-12-20-19;1-3-2/h5-7,9-14H,2-4,8H2,1H3;3H2,1-2H3/b11-10+;. The smallest absolute Gasteiger partial charge is 0.0717 e. The molecule has 0 amide bonds. The average molecular weight is 320 g/mol. The summed E-state index contributed by atoms with van der Waals surface area (Å²) < 4.78 is 0. The van der Waals surface area contributed by atoms with Crippen molar-refractivity contribution in [3.8, 4) is 11.3 Å². The van der Waals surface area contributed by atoms with E-state index in [4.69, 9.17) is 0 Å². The molecule has 3 rings (SSSR count). The Balaban J connectivity index is 0.000000647. The minimum absolute atomic E-state index is 0.969. The molecule has 1 aliphatic rings. The molecule has 0 radical (unpaired) electrons. The van der Waals surface area contributed by atoms with Crippen LogP contribution in [0.3, 0.4) is 0 Å². The molecule has 0 bridgehead atoms. The zero-order chi connectivity index (χ0) is 17.2. The predicted molar refractivity (Wildman–Crippen MR) is 104 cm³/mol. The number of aromatic nitrogens is 2. The van der Waals surface area contributed by atoms with Gasteiger partial charge in [-0.1, -0.05) is 50.1 Å². The lowest BCUT2D eigenvalue weighted by molar-refractivity contribution is 0.712. The van der Waals surface area contributed by atoms with Gasteiger partial charge in [0.1, 0.15) is 0 Å². The molecule has 2 nitrogen and oxygen atoms in total. The number of nitrogens with zero attached hydrogens (tertiary/aromatic N) is 2. The SMILES string of the molecule is CCC.Cc1ncc(-c2ccccn2)cc1/C=C/C1=CCCCC1. The highest BCUT2D eigenvalue weighted by Crippen LogP contribution is 2.22. The van der Waals surface area contributed by atoms with Crippen LogP contribution < -0.4 is 0 Å². The zero-order valence-corrected chi connectivity index (χ0v) is 15.1. The Morgan fingerprint density at radius 1 is 1.08 bits per heavy atom. The van der Waals surface area contributed by atoms with Gasteiger partial charge in [-0.3, -0.25) is 9.97 Å². The predicted octanol–water partition coefficient (Wildman–Crippen LogP) is 6.38. The first-order valence-electron chi connectivity index (χ1n) is 8.99. The maximum Gasteiger partial charge on any atom is 0.0717 e. The second-order valence-corrected chi connectivity index (χ2v) is 6.18. The number of allylic oxidation sites excluding steroid dienone is 3. The summed E-state index contributed by atoms with van der Waals surface area (Å²) in [6, 6.07) is 8.13. The molecule has 2 heterocycles. The third-order valence-electron chi connectivity index (χ3n) is 3.89. The number of pyridine rings is 2. The van der Waals surface area contributed by atoms with E-state index in [0.29, 0.717) is 0 Å². The van der Waals surface area contributed by atoms with Crippen LogP contribution in [0.1, 0.15) is 57.2 Å². The summed E-state index contributed by atoms with van der Waals surface area (Å²) in [7, 11) is 0. The lowest BCUT2D eigenvalue weighted by atomic mass is 9.98. The molecule has 2 aromatic rings. The van der Waals surface area contributed by atoms with Crippen molar-refractivity contribution in [3.63, 3.8) is 0 Å². The molecule has 0 saturated carbocycles. The molecule has 2 aromatic heterocycles. The molecule has 2 heteroatoms. The summed E-state index contributed by atoms with van der Waals surface area (Å²) in [6.45, 7) is 6.30. The lowest BCUT2D eigenvalue weighted by Gasteiger charge is -2.09. The Labute approximate surface area is 146 Å². The fraction of sp³-hybridized carbons (Fsp3) is 0.364. The molecule has 0 unspecified atom stereocenters. The number of hydrogen-bond donors (Lipinski definition) is 0. The van der Waals surface area contributed by atoms with Crippen molar-refractivity contribution >= 4 is 6.08 Å². The van der Waals surface area contributed by atoms with Crippen molar-refractivity contribution in [2.45, 2.75) is 52.9 Å². The minimum atomic E-state index is 0.969. The van der Waals surface area contributed by atoms with Gasteiger partial charge in [-0.15, -0.1) is 0 Å². The van der Waals surface area contributed by atoms with Crippen LogP contribution in [0, 0.1) is 6.92 Å². The minimum Gasteiger partial charge on any atom is -0.260 e. The fourth-order valence-corrected chi connectivity index (χ4v) is 2.60. The lowest BCUT2D eigenvalue weighted by Crippen LogP contribution is -1.91. The Morgan fingerprint density at radius 2 is 1.92 bits per heavy atom. The summed E-state index contributed by atoms with van der Waals surface area (Å²) in [4.78, 5) is 8.90. The Hall–Kier alpha value is -2.22. The Morgan fingerprint density at radius 3 is 2.58 bits per heavy atom. The highest BCUT2D eigenvalue weighted by molar-refractivity contribution is 5.65. The molecule has 0 fully saturated rings. The van der Waals surface area contributed by atoms with Crippen LogP contribution >= 0.6 is 0 Å². The quantitative estimate of drug-likeness (QED) is 0.655. The van der Waals surface area contributed by atoms with Crippen molar-refractivity contribution in [2.75, 3.05) is 0 Å². The van der Waals surface area contributed by atoms with E-state index in [1.54, 1.807) is 0 Å². The van der Waals surface area contributed by atoms with Crippen molar-refractivity contribution in [2.24, 2.45) is 0 Å². The van der Waals surface area contributed by atoms with Crippen LogP contribution in [0.2, 0.25) is 0 Å². The van der Waals surface area contributed by atoms with Crippen molar-refractivity contribution in [3.05, 3.63) is 65.6 Å². The van der Waals surface area contributed by atoms with E-state index in [2.05, 4.69) is 55.0 Å². The van der Waals surface area contributed by atoms with Crippen molar-refractivity contribution < 1.29 is 0 Å². The van der Waals surface area contributed by atoms with E-state index >= 15 is 0 Å². The molecular weight excluding hydrogens is 292 g/mol. The first kappa shape index (κ1) is 18.1. The molecule has 0 N–H and O–H groups in total. The number of rotatable bonds is 3. The molecule has 0 atom stereocenters. The van der Waals surface area contributed by atoms with Crippen LogP contribution in [-0.4, -0.2) is 9.97 Å². The van der Waals surface area contributed by atoms with Gasteiger partial charge in [0.05, 0.1) is 5.69 Å². The van der Waals surface area contributed by atoms with Gasteiger partial charge in [0.15, 0.2) is 0 Å². The molecule has 24 heavy (non-hydrogen) atoms. The molecule has 1 aliphatic carbocycles. The van der Waals surface area contributed by atoms with E-state index in [1.165, 1.54) is 43.2 Å².